The minimum atomic E-state index is -0.539. The third-order valence-electron chi connectivity index (χ3n) is 4.56. The first-order chi connectivity index (χ1) is 9.36. The van der Waals surface area contributed by atoms with Gasteiger partial charge in [-0.05, 0) is 30.1 Å². The van der Waals surface area contributed by atoms with Crippen LogP contribution in [-0.2, 0) is 9.53 Å². The molecule has 0 aromatic rings. The zero-order valence-electron chi connectivity index (χ0n) is 13.1. The van der Waals surface area contributed by atoms with Crippen molar-refractivity contribution in [3.8, 4) is 0 Å². The Morgan fingerprint density at radius 3 is 2.40 bits per heavy atom. The molecule has 0 aromatic heterocycles. The maximum atomic E-state index is 12.8. The van der Waals surface area contributed by atoms with Crippen molar-refractivity contribution in [3.05, 3.63) is 0 Å². The summed E-state index contributed by atoms with van der Waals surface area (Å²) in [6.07, 6.45) is 0.714. The summed E-state index contributed by atoms with van der Waals surface area (Å²) in [5.74, 6) is 1.90. The highest BCUT2D eigenvalue weighted by atomic mass is 16.5. The Kier molecular flexibility index (Phi) is 4.25. The van der Waals surface area contributed by atoms with Gasteiger partial charge in [-0.25, -0.2) is 4.79 Å². The zero-order valence-corrected chi connectivity index (χ0v) is 13.1. The summed E-state index contributed by atoms with van der Waals surface area (Å²) in [6.45, 7) is 9.07. The molecule has 2 aliphatic rings. The largest absolute Gasteiger partial charge is 0.453 e. The number of carbonyl (C=O) groups excluding carboxylic acids is 2. The molecule has 0 bridgehead atoms. The van der Waals surface area contributed by atoms with E-state index in [1.165, 1.54) is 13.5 Å². The number of carbonyl (C=O) groups is 2. The molecule has 4 atom stereocenters. The van der Waals surface area contributed by atoms with Gasteiger partial charge in [0.1, 0.15) is 6.04 Å². The Morgan fingerprint density at radius 1 is 1.25 bits per heavy atom. The quantitative estimate of drug-likeness (QED) is 0.856. The highest BCUT2D eigenvalue weighted by Crippen LogP contribution is 2.51. The minimum absolute atomic E-state index is 0.0382. The molecule has 1 unspecified atom stereocenters. The summed E-state index contributed by atoms with van der Waals surface area (Å²) < 4.78 is 4.63. The number of nitrogens with zero attached hydrogens (tertiary/aromatic N) is 1. The van der Waals surface area contributed by atoms with Crippen LogP contribution < -0.4 is 5.32 Å². The van der Waals surface area contributed by atoms with Crippen molar-refractivity contribution in [1.29, 1.82) is 0 Å². The predicted octanol–water partition coefficient (Wildman–Crippen LogP) is 1.87. The molecule has 2 fully saturated rings. The number of amides is 2. The molecular weight excluding hydrogens is 256 g/mol. The lowest BCUT2D eigenvalue weighted by Gasteiger charge is -2.34. The molecule has 2 amide bonds. The van der Waals surface area contributed by atoms with Crippen LogP contribution in [0.5, 0.6) is 0 Å². The number of rotatable bonds is 4. The van der Waals surface area contributed by atoms with Crippen LogP contribution in [0.15, 0.2) is 0 Å². The molecule has 1 aliphatic heterocycles. The summed E-state index contributed by atoms with van der Waals surface area (Å²) in [5, 5.41) is 2.68. The van der Waals surface area contributed by atoms with E-state index in [2.05, 4.69) is 23.9 Å². The molecule has 1 aliphatic carbocycles. The van der Waals surface area contributed by atoms with E-state index in [0.29, 0.717) is 23.8 Å². The second-order valence-electron chi connectivity index (χ2n) is 6.74. The fourth-order valence-corrected chi connectivity index (χ4v) is 3.47. The van der Waals surface area contributed by atoms with Crippen molar-refractivity contribution < 1.29 is 14.3 Å². The van der Waals surface area contributed by atoms with Gasteiger partial charge in [0.25, 0.3) is 0 Å². The topological polar surface area (TPSA) is 58.6 Å². The second-order valence-corrected chi connectivity index (χ2v) is 6.74. The maximum absolute atomic E-state index is 12.8. The standard InChI is InChI=1S/C15H26N2O3/c1-8(2)12(16-15(19)20-5)14(18)17-7-10-6-11(10)13(17)9(3)4/h8-13H,6-7H2,1-5H3,(H,16,19)/t10?,11-,12-,13+/m0/s1. The highest BCUT2D eigenvalue weighted by molar-refractivity contribution is 5.86. The Hall–Kier alpha value is -1.26. The number of nitrogens with one attached hydrogen (secondary N) is 1. The number of ether oxygens (including phenoxy) is 1. The molecule has 0 radical (unpaired) electrons. The number of hydrogen-bond donors (Lipinski definition) is 1. The molecule has 1 N–H and O–H groups in total. The molecule has 1 heterocycles. The van der Waals surface area contributed by atoms with Crippen LogP contribution >= 0.6 is 0 Å². The first-order valence-electron chi connectivity index (χ1n) is 7.51. The zero-order chi connectivity index (χ0) is 15.0. The monoisotopic (exact) mass is 282 g/mol. The van der Waals surface area contributed by atoms with Crippen LogP contribution in [0.25, 0.3) is 0 Å². The van der Waals surface area contributed by atoms with Crippen molar-refractivity contribution in [2.24, 2.45) is 23.7 Å². The first kappa shape index (κ1) is 15.1. The SMILES string of the molecule is COC(=O)N[C@H](C(=O)N1CC2C[C@@H]2[C@H]1C(C)C)C(C)C. The highest BCUT2D eigenvalue weighted by Gasteiger charge is 2.55. The summed E-state index contributed by atoms with van der Waals surface area (Å²) in [6, 6.07) is -0.172. The molecule has 5 nitrogen and oxygen atoms in total. The number of likely N-dealkylation sites (tertiary alicyclic amines) is 1. The average Bonchev–Trinajstić information content (AvgIpc) is 3.04. The lowest BCUT2D eigenvalue weighted by atomic mass is 9.97. The van der Waals surface area contributed by atoms with E-state index in [1.54, 1.807) is 0 Å². The summed E-state index contributed by atoms with van der Waals surface area (Å²) in [7, 11) is 1.32. The van der Waals surface area contributed by atoms with Gasteiger partial charge < -0.3 is 15.0 Å². The van der Waals surface area contributed by atoms with E-state index in [0.717, 1.165) is 6.54 Å². The van der Waals surface area contributed by atoms with Crippen molar-refractivity contribution in [2.45, 2.75) is 46.2 Å². The maximum Gasteiger partial charge on any atom is 0.407 e. The van der Waals surface area contributed by atoms with Gasteiger partial charge in [-0.2, -0.15) is 0 Å². The fourth-order valence-electron chi connectivity index (χ4n) is 3.47. The van der Waals surface area contributed by atoms with Gasteiger partial charge in [-0.1, -0.05) is 27.7 Å². The van der Waals surface area contributed by atoms with Gasteiger partial charge in [-0.15, -0.1) is 0 Å². The number of piperidine rings is 1. The molecule has 2 rings (SSSR count). The molecule has 1 saturated heterocycles. The molecule has 114 valence electrons. The van der Waals surface area contributed by atoms with Crippen molar-refractivity contribution in [3.63, 3.8) is 0 Å². The van der Waals surface area contributed by atoms with E-state index < -0.39 is 12.1 Å². The van der Waals surface area contributed by atoms with Gasteiger partial charge in [-0.3, -0.25) is 4.79 Å². The smallest absolute Gasteiger partial charge is 0.407 e. The third kappa shape index (κ3) is 2.76. The molecule has 1 saturated carbocycles. The van der Waals surface area contributed by atoms with Crippen LogP contribution in [0, 0.1) is 23.7 Å². The summed E-state index contributed by atoms with van der Waals surface area (Å²) >= 11 is 0. The minimum Gasteiger partial charge on any atom is -0.453 e. The normalized spacial score (nSPS) is 29.4. The fraction of sp³-hybridized carbons (Fsp3) is 0.867. The Labute approximate surface area is 121 Å². The van der Waals surface area contributed by atoms with Crippen LogP contribution in [0.1, 0.15) is 34.1 Å². The molecular formula is C15H26N2O3. The number of fused-ring (bicyclic) bond motifs is 1. The van der Waals surface area contributed by atoms with Crippen LogP contribution in [0.4, 0.5) is 4.79 Å². The van der Waals surface area contributed by atoms with E-state index in [4.69, 9.17) is 0 Å². The summed E-state index contributed by atoms with van der Waals surface area (Å²) in [5.41, 5.74) is 0. The lowest BCUT2D eigenvalue weighted by molar-refractivity contribution is -0.136. The van der Waals surface area contributed by atoms with Crippen LogP contribution in [0.2, 0.25) is 0 Å². The lowest BCUT2D eigenvalue weighted by Crippen LogP contribution is -2.54. The second kappa shape index (κ2) is 5.62. The van der Waals surface area contributed by atoms with E-state index >= 15 is 0 Å². The predicted molar refractivity (Wildman–Crippen MR) is 76.1 cm³/mol. The molecule has 0 spiro atoms. The molecule has 20 heavy (non-hydrogen) atoms. The first-order valence-corrected chi connectivity index (χ1v) is 7.51. The Morgan fingerprint density at radius 2 is 1.90 bits per heavy atom. The van der Waals surface area contributed by atoms with Gasteiger partial charge in [0.05, 0.1) is 7.11 Å². The van der Waals surface area contributed by atoms with Crippen molar-refractivity contribution in [2.75, 3.05) is 13.7 Å². The molecule has 0 aromatic carbocycles. The average molecular weight is 282 g/mol. The van der Waals surface area contributed by atoms with Crippen LogP contribution in [0.3, 0.4) is 0 Å². The van der Waals surface area contributed by atoms with Gasteiger partial charge in [0.15, 0.2) is 0 Å². The Balaban J connectivity index is 2.09. The van der Waals surface area contributed by atoms with E-state index in [1.807, 2.05) is 18.7 Å². The number of hydrogen-bond acceptors (Lipinski definition) is 3. The number of alkyl carbamates (subject to hydrolysis) is 1. The van der Waals surface area contributed by atoms with Gasteiger partial charge in [0.2, 0.25) is 5.91 Å². The van der Waals surface area contributed by atoms with E-state index in [9.17, 15) is 9.59 Å². The molecule has 5 heteroatoms. The van der Waals surface area contributed by atoms with E-state index in [-0.39, 0.29) is 11.8 Å². The summed E-state index contributed by atoms with van der Waals surface area (Å²) in [4.78, 5) is 26.2. The number of methoxy groups -OCH3 is 1. The van der Waals surface area contributed by atoms with Gasteiger partial charge >= 0.3 is 6.09 Å². The van der Waals surface area contributed by atoms with Crippen LogP contribution in [-0.4, -0.2) is 42.6 Å². The third-order valence-corrected chi connectivity index (χ3v) is 4.56. The van der Waals surface area contributed by atoms with Crippen molar-refractivity contribution in [1.82, 2.24) is 10.2 Å². The van der Waals surface area contributed by atoms with Crippen molar-refractivity contribution >= 4 is 12.0 Å². The Bertz CT molecular complexity index is 395. The van der Waals surface area contributed by atoms with Gasteiger partial charge in [0, 0.05) is 12.6 Å².